The summed E-state index contributed by atoms with van der Waals surface area (Å²) in [4.78, 5) is 54.6. The number of hydrogen-bond acceptors (Lipinski definition) is 8. The number of carbonyl (C=O) groups is 4. The van der Waals surface area contributed by atoms with Gasteiger partial charge in [0.05, 0.1) is 23.2 Å². The zero-order valence-corrected chi connectivity index (χ0v) is 27.0. The number of carbonyl (C=O) groups excluding carboxylic acids is 4. The summed E-state index contributed by atoms with van der Waals surface area (Å²) in [5.74, 6) is -2.26. The molecule has 5 aliphatic rings. The average Bonchev–Trinajstić information content (AvgIpc) is 3.26. The van der Waals surface area contributed by atoms with Crippen LogP contribution in [0.5, 0.6) is 0 Å². The van der Waals surface area contributed by atoms with Crippen LogP contribution in [0.3, 0.4) is 0 Å². The third-order valence-corrected chi connectivity index (χ3v) is 12.1. The highest BCUT2D eigenvalue weighted by atomic mass is 16.5. The minimum atomic E-state index is -1.54. The lowest BCUT2D eigenvalue weighted by molar-refractivity contribution is -0.190. The molecule has 0 spiro atoms. The van der Waals surface area contributed by atoms with Gasteiger partial charge in [0.25, 0.3) is 0 Å². The van der Waals surface area contributed by atoms with Crippen molar-refractivity contribution in [1.82, 2.24) is 0 Å². The summed E-state index contributed by atoms with van der Waals surface area (Å²) in [6.45, 7) is 16.6. The molecule has 0 saturated heterocycles. The molecule has 1 aliphatic heterocycles. The molecular formula is C35H48O8. The average molecular weight is 597 g/mol. The Balaban J connectivity index is 1.64. The van der Waals surface area contributed by atoms with Gasteiger partial charge in [-0.2, -0.15) is 0 Å². The minimum Gasteiger partial charge on any atom is -0.491 e. The van der Waals surface area contributed by atoms with Crippen molar-refractivity contribution < 1.29 is 38.9 Å². The van der Waals surface area contributed by atoms with E-state index in [9.17, 15) is 29.4 Å². The number of rotatable bonds is 5. The molecule has 0 radical (unpaired) electrons. The van der Waals surface area contributed by atoms with Crippen molar-refractivity contribution in [3.63, 3.8) is 0 Å². The molecule has 8 heteroatoms. The summed E-state index contributed by atoms with van der Waals surface area (Å²) in [5, 5.41) is 21.4. The lowest BCUT2D eigenvalue weighted by atomic mass is 9.38. The number of aliphatic hydroxyl groups is 2. The molecule has 10 atom stereocenters. The first-order valence-corrected chi connectivity index (χ1v) is 15.7. The van der Waals surface area contributed by atoms with Crippen LogP contribution in [0.1, 0.15) is 88.0 Å². The molecule has 5 rings (SSSR count). The molecule has 8 nitrogen and oxygen atoms in total. The Morgan fingerprint density at radius 1 is 1.16 bits per heavy atom. The molecule has 2 N–H and O–H groups in total. The Morgan fingerprint density at radius 2 is 1.81 bits per heavy atom. The van der Waals surface area contributed by atoms with E-state index >= 15 is 0 Å². The van der Waals surface area contributed by atoms with Crippen molar-refractivity contribution in [1.29, 1.82) is 0 Å². The molecule has 43 heavy (non-hydrogen) atoms. The van der Waals surface area contributed by atoms with Gasteiger partial charge >= 0.3 is 5.97 Å². The SMILES string of the molecule is CCC(C)C(=O)O[C@@H]1C[C@]2(C)C(=CC[C@H]2C2=CO[C@@H](C(C)(C)O)[C@H](O)C2=O)[C@]2(C)C(=O)C[C@H]3C(C)(C)C(=O)C=C[C@]3(C)[C@@H]12. The van der Waals surface area contributed by atoms with E-state index in [4.69, 9.17) is 9.47 Å². The zero-order chi connectivity index (χ0) is 32.1. The van der Waals surface area contributed by atoms with Gasteiger partial charge in [-0.3, -0.25) is 19.2 Å². The molecule has 2 fully saturated rings. The normalized spacial score (nSPS) is 42.6. The van der Waals surface area contributed by atoms with Crippen molar-refractivity contribution in [3.05, 3.63) is 35.6 Å². The molecule has 0 aromatic heterocycles. The van der Waals surface area contributed by atoms with E-state index in [-0.39, 0.29) is 35.8 Å². The third kappa shape index (κ3) is 4.37. The Kier molecular flexibility index (Phi) is 7.38. The number of hydrogen-bond donors (Lipinski definition) is 2. The maximum absolute atomic E-state index is 14.5. The maximum atomic E-state index is 14.5. The predicted octanol–water partition coefficient (Wildman–Crippen LogP) is 4.67. The van der Waals surface area contributed by atoms with Crippen LogP contribution in [0, 0.1) is 45.3 Å². The summed E-state index contributed by atoms with van der Waals surface area (Å²) in [7, 11) is 0. The highest BCUT2D eigenvalue weighted by Crippen LogP contribution is 2.71. The summed E-state index contributed by atoms with van der Waals surface area (Å²) >= 11 is 0. The number of Topliss-reactive ketones (excluding diaryl/α,β-unsaturated/α-hetero) is 2. The monoisotopic (exact) mass is 596 g/mol. The van der Waals surface area contributed by atoms with Crippen molar-refractivity contribution >= 4 is 23.3 Å². The van der Waals surface area contributed by atoms with Crippen LogP contribution < -0.4 is 0 Å². The van der Waals surface area contributed by atoms with Crippen molar-refractivity contribution in [3.8, 4) is 0 Å². The van der Waals surface area contributed by atoms with E-state index in [0.29, 0.717) is 24.8 Å². The fourth-order valence-corrected chi connectivity index (χ4v) is 9.53. The predicted molar refractivity (Wildman–Crippen MR) is 159 cm³/mol. The molecule has 2 saturated carbocycles. The van der Waals surface area contributed by atoms with Gasteiger partial charge in [-0.1, -0.05) is 59.3 Å². The molecule has 0 bridgehead atoms. The Hall–Kier alpha value is -2.58. The second-order valence-corrected chi connectivity index (χ2v) is 15.6. The second-order valence-electron chi connectivity index (χ2n) is 15.6. The molecular weight excluding hydrogens is 548 g/mol. The van der Waals surface area contributed by atoms with E-state index in [0.717, 1.165) is 5.57 Å². The molecule has 236 valence electrons. The van der Waals surface area contributed by atoms with Gasteiger partial charge in [0.1, 0.15) is 11.9 Å². The summed E-state index contributed by atoms with van der Waals surface area (Å²) in [5.41, 5.74) is -3.34. The third-order valence-electron chi connectivity index (χ3n) is 12.1. The fourth-order valence-electron chi connectivity index (χ4n) is 9.53. The van der Waals surface area contributed by atoms with Crippen LogP contribution in [0.15, 0.2) is 35.6 Å². The number of allylic oxidation sites excluding steroid dienone is 4. The second kappa shape index (κ2) is 9.96. The molecule has 1 heterocycles. The van der Waals surface area contributed by atoms with Gasteiger partial charge in [0.2, 0.25) is 0 Å². The largest absolute Gasteiger partial charge is 0.491 e. The lowest BCUT2D eigenvalue weighted by Crippen LogP contribution is -2.67. The van der Waals surface area contributed by atoms with Crippen LogP contribution in [-0.4, -0.2) is 57.4 Å². The first-order chi connectivity index (χ1) is 19.8. The number of esters is 1. The van der Waals surface area contributed by atoms with Crippen LogP contribution in [0.2, 0.25) is 0 Å². The van der Waals surface area contributed by atoms with Gasteiger partial charge in [0.15, 0.2) is 23.8 Å². The topological polar surface area (TPSA) is 127 Å². The van der Waals surface area contributed by atoms with Crippen LogP contribution in [-0.2, 0) is 28.7 Å². The van der Waals surface area contributed by atoms with E-state index in [1.165, 1.54) is 20.1 Å². The standard InChI is InChI=1S/C35H48O8/c1-10-18(2)30(40)43-21-16-34(8)20(19-17-42-29(32(5,6)41)27(39)26(19)38)11-12-22(34)35(9)25(37)15-23-31(3,4)24(36)13-14-33(23,7)28(21)35/h12-14,17-18,20-21,23,27-29,39,41H,10-11,15-16H2,1-9H3/t18?,20-,21+,23-,27+,28+,29+,33-,34-,35+/m0/s1. The van der Waals surface area contributed by atoms with Crippen molar-refractivity contribution in [2.75, 3.05) is 0 Å². The number of ketones is 3. The molecule has 0 amide bonds. The summed E-state index contributed by atoms with van der Waals surface area (Å²) in [6.07, 6.45) is 5.38. The fraction of sp³-hybridized carbons (Fsp3) is 0.714. The molecule has 4 aliphatic carbocycles. The Bertz CT molecular complexity index is 1350. The summed E-state index contributed by atoms with van der Waals surface area (Å²) in [6, 6.07) is 0. The van der Waals surface area contributed by atoms with Crippen molar-refractivity contribution in [2.45, 2.75) is 112 Å². The molecule has 1 unspecified atom stereocenters. The lowest BCUT2D eigenvalue weighted by Gasteiger charge is -2.65. The highest BCUT2D eigenvalue weighted by Gasteiger charge is 2.71. The van der Waals surface area contributed by atoms with Gasteiger partial charge in [-0.15, -0.1) is 0 Å². The zero-order valence-electron chi connectivity index (χ0n) is 27.0. The number of fused-ring (bicyclic) bond motifs is 5. The highest BCUT2D eigenvalue weighted by molar-refractivity contribution is 6.01. The van der Waals surface area contributed by atoms with Crippen LogP contribution >= 0.6 is 0 Å². The van der Waals surface area contributed by atoms with Gasteiger partial charge in [0, 0.05) is 34.7 Å². The summed E-state index contributed by atoms with van der Waals surface area (Å²) < 4.78 is 12.2. The van der Waals surface area contributed by atoms with Crippen LogP contribution in [0.25, 0.3) is 0 Å². The van der Waals surface area contributed by atoms with Crippen LogP contribution in [0.4, 0.5) is 0 Å². The van der Waals surface area contributed by atoms with E-state index < -0.39 is 63.2 Å². The molecule has 0 aromatic carbocycles. The van der Waals surface area contributed by atoms with E-state index in [1.54, 1.807) is 6.08 Å². The quantitative estimate of drug-likeness (QED) is 0.346. The van der Waals surface area contributed by atoms with Gasteiger partial charge in [-0.05, 0) is 57.4 Å². The number of ether oxygens (including phenoxy) is 2. The first-order valence-electron chi connectivity index (χ1n) is 15.7. The molecule has 0 aromatic rings. The van der Waals surface area contributed by atoms with Crippen molar-refractivity contribution in [2.24, 2.45) is 45.3 Å². The smallest absolute Gasteiger partial charge is 0.308 e. The van der Waals surface area contributed by atoms with Gasteiger partial charge in [-0.25, -0.2) is 0 Å². The maximum Gasteiger partial charge on any atom is 0.308 e. The Morgan fingerprint density at radius 3 is 2.42 bits per heavy atom. The van der Waals surface area contributed by atoms with E-state index in [2.05, 4.69) is 13.0 Å². The van der Waals surface area contributed by atoms with E-state index in [1.807, 2.05) is 47.6 Å². The van der Waals surface area contributed by atoms with Gasteiger partial charge < -0.3 is 19.7 Å². The first kappa shape index (κ1) is 31.8. The minimum absolute atomic E-state index is 0.00834. The Labute approximate surface area is 255 Å². The number of aliphatic hydroxyl groups excluding tert-OH is 1.